The molecular formula is C12H16N4O. The summed E-state index contributed by atoms with van der Waals surface area (Å²) in [6.45, 7) is 1.72. The van der Waals surface area contributed by atoms with Gasteiger partial charge in [-0.15, -0.1) is 0 Å². The maximum absolute atomic E-state index is 12.2. The van der Waals surface area contributed by atoms with Crippen molar-refractivity contribution in [3.63, 3.8) is 0 Å². The zero-order valence-corrected chi connectivity index (χ0v) is 9.67. The van der Waals surface area contributed by atoms with Gasteiger partial charge >= 0.3 is 0 Å². The summed E-state index contributed by atoms with van der Waals surface area (Å²) in [6, 6.07) is 0. The van der Waals surface area contributed by atoms with Crippen molar-refractivity contribution in [2.75, 3.05) is 18.8 Å². The Kier molecular flexibility index (Phi) is 2.46. The van der Waals surface area contributed by atoms with Gasteiger partial charge in [0.1, 0.15) is 0 Å². The van der Waals surface area contributed by atoms with Gasteiger partial charge in [0, 0.05) is 25.5 Å². The molecule has 2 atom stereocenters. The van der Waals surface area contributed by atoms with E-state index in [-0.39, 0.29) is 11.7 Å². The summed E-state index contributed by atoms with van der Waals surface area (Å²) in [5, 5.41) is 0. The van der Waals surface area contributed by atoms with Crippen LogP contribution in [0.2, 0.25) is 0 Å². The molecular weight excluding hydrogens is 216 g/mol. The Morgan fingerprint density at radius 2 is 1.88 bits per heavy atom. The van der Waals surface area contributed by atoms with E-state index in [1.54, 1.807) is 0 Å². The van der Waals surface area contributed by atoms with Crippen LogP contribution in [0.5, 0.6) is 0 Å². The van der Waals surface area contributed by atoms with E-state index in [9.17, 15) is 4.79 Å². The van der Waals surface area contributed by atoms with Gasteiger partial charge in [-0.05, 0) is 24.7 Å². The molecule has 1 aromatic rings. The maximum Gasteiger partial charge on any atom is 0.276 e. The van der Waals surface area contributed by atoms with Crippen LogP contribution in [0.15, 0.2) is 12.4 Å². The van der Waals surface area contributed by atoms with Crippen molar-refractivity contribution in [3.8, 4) is 0 Å². The zero-order chi connectivity index (χ0) is 11.8. The zero-order valence-electron chi connectivity index (χ0n) is 9.67. The molecule has 5 nitrogen and oxygen atoms in total. The lowest BCUT2D eigenvalue weighted by Crippen LogP contribution is -2.31. The molecule has 1 saturated heterocycles. The smallest absolute Gasteiger partial charge is 0.276 e. The Morgan fingerprint density at radius 3 is 2.53 bits per heavy atom. The highest BCUT2D eigenvalue weighted by Gasteiger charge is 2.38. The molecule has 17 heavy (non-hydrogen) atoms. The average Bonchev–Trinajstić information content (AvgIpc) is 2.88. The minimum atomic E-state index is -0.0648. The van der Waals surface area contributed by atoms with E-state index in [1.807, 2.05) is 4.90 Å². The molecule has 2 fully saturated rings. The van der Waals surface area contributed by atoms with E-state index >= 15 is 0 Å². The molecule has 2 heterocycles. The molecule has 1 saturated carbocycles. The van der Waals surface area contributed by atoms with Crippen LogP contribution in [-0.2, 0) is 0 Å². The highest BCUT2D eigenvalue weighted by molar-refractivity contribution is 5.96. The second-order valence-corrected chi connectivity index (χ2v) is 4.95. The van der Waals surface area contributed by atoms with Crippen molar-refractivity contribution in [1.82, 2.24) is 14.9 Å². The fourth-order valence-corrected chi connectivity index (χ4v) is 3.06. The van der Waals surface area contributed by atoms with E-state index in [0.717, 1.165) is 13.1 Å². The first kappa shape index (κ1) is 10.5. The van der Waals surface area contributed by atoms with Crippen LogP contribution in [0.4, 0.5) is 5.82 Å². The normalized spacial score (nSPS) is 27.2. The van der Waals surface area contributed by atoms with Crippen molar-refractivity contribution < 1.29 is 4.79 Å². The summed E-state index contributed by atoms with van der Waals surface area (Å²) in [5.74, 6) is 1.55. The second kappa shape index (κ2) is 3.98. The minimum absolute atomic E-state index is 0.0648. The molecule has 2 aliphatic rings. The highest BCUT2D eigenvalue weighted by Crippen LogP contribution is 2.38. The summed E-state index contributed by atoms with van der Waals surface area (Å²) in [6.07, 6.45) is 6.84. The Hall–Kier alpha value is -1.65. The number of nitrogen functional groups attached to an aromatic ring is 1. The van der Waals surface area contributed by atoms with Crippen LogP contribution in [0, 0.1) is 11.8 Å². The molecule has 1 aliphatic heterocycles. The number of carbonyl (C=O) groups excluding carboxylic acids is 1. The second-order valence-electron chi connectivity index (χ2n) is 4.95. The van der Waals surface area contributed by atoms with Crippen molar-refractivity contribution in [2.24, 2.45) is 11.8 Å². The van der Waals surface area contributed by atoms with E-state index < -0.39 is 0 Å². The minimum Gasteiger partial charge on any atom is -0.382 e. The van der Waals surface area contributed by atoms with Gasteiger partial charge in [0.05, 0.1) is 0 Å². The third kappa shape index (κ3) is 1.75. The summed E-state index contributed by atoms with van der Waals surface area (Å²) in [7, 11) is 0. The Balaban J connectivity index is 1.78. The number of anilines is 1. The van der Waals surface area contributed by atoms with E-state index in [0.29, 0.717) is 17.5 Å². The van der Waals surface area contributed by atoms with Crippen molar-refractivity contribution in [3.05, 3.63) is 18.1 Å². The molecule has 1 aromatic heterocycles. The highest BCUT2D eigenvalue weighted by atomic mass is 16.2. The number of fused-ring (bicyclic) bond motifs is 1. The number of nitrogens with two attached hydrogens (primary N) is 1. The molecule has 90 valence electrons. The fraction of sp³-hybridized carbons (Fsp3) is 0.583. The van der Waals surface area contributed by atoms with Crippen LogP contribution in [-0.4, -0.2) is 33.9 Å². The number of aromatic nitrogens is 2. The van der Waals surface area contributed by atoms with Crippen LogP contribution in [0.25, 0.3) is 0 Å². The predicted molar refractivity (Wildman–Crippen MR) is 63.2 cm³/mol. The number of hydrogen-bond acceptors (Lipinski definition) is 4. The van der Waals surface area contributed by atoms with Gasteiger partial charge in [0.2, 0.25) is 0 Å². The number of likely N-dealkylation sites (tertiary alicyclic amines) is 1. The maximum atomic E-state index is 12.2. The summed E-state index contributed by atoms with van der Waals surface area (Å²) >= 11 is 0. The number of hydrogen-bond donors (Lipinski definition) is 1. The molecule has 1 aliphatic carbocycles. The monoisotopic (exact) mass is 232 g/mol. The first-order valence-electron chi connectivity index (χ1n) is 6.11. The van der Waals surface area contributed by atoms with Gasteiger partial charge in [0.15, 0.2) is 11.5 Å². The van der Waals surface area contributed by atoms with Crippen LogP contribution in [0.1, 0.15) is 29.8 Å². The van der Waals surface area contributed by atoms with Crippen molar-refractivity contribution in [1.29, 1.82) is 0 Å². The molecule has 5 heteroatoms. The number of nitrogens with zero attached hydrogens (tertiary/aromatic N) is 3. The SMILES string of the molecule is Nc1nccnc1C(=O)N1C[C@H]2CCC[C@@H]2C1. The lowest BCUT2D eigenvalue weighted by atomic mass is 10.0. The quantitative estimate of drug-likeness (QED) is 0.781. The van der Waals surface area contributed by atoms with Crippen LogP contribution in [0.3, 0.4) is 0 Å². The summed E-state index contributed by atoms with van der Waals surface area (Å²) < 4.78 is 0. The molecule has 0 radical (unpaired) electrons. The predicted octanol–water partition coefficient (Wildman–Crippen LogP) is 0.931. The molecule has 0 unspecified atom stereocenters. The molecule has 3 rings (SSSR count). The number of amides is 1. The van der Waals surface area contributed by atoms with Gasteiger partial charge in [-0.2, -0.15) is 0 Å². The first-order valence-corrected chi connectivity index (χ1v) is 6.11. The first-order chi connectivity index (χ1) is 8.25. The lowest BCUT2D eigenvalue weighted by Gasteiger charge is -2.17. The number of rotatable bonds is 1. The largest absolute Gasteiger partial charge is 0.382 e. The van der Waals surface area contributed by atoms with Gasteiger partial charge < -0.3 is 10.6 Å². The Bertz CT molecular complexity index is 436. The van der Waals surface area contributed by atoms with Gasteiger partial charge in [-0.1, -0.05) is 6.42 Å². The van der Waals surface area contributed by atoms with Crippen molar-refractivity contribution in [2.45, 2.75) is 19.3 Å². The summed E-state index contributed by atoms with van der Waals surface area (Å²) in [5.41, 5.74) is 5.98. The van der Waals surface area contributed by atoms with Crippen molar-refractivity contribution >= 4 is 11.7 Å². The average molecular weight is 232 g/mol. The molecule has 0 aromatic carbocycles. The third-order valence-electron chi connectivity index (χ3n) is 3.94. The molecule has 1 amide bonds. The lowest BCUT2D eigenvalue weighted by molar-refractivity contribution is 0.0775. The fourth-order valence-electron chi connectivity index (χ4n) is 3.06. The van der Waals surface area contributed by atoms with Gasteiger partial charge in [0.25, 0.3) is 5.91 Å². The van der Waals surface area contributed by atoms with Gasteiger partial charge in [-0.25, -0.2) is 9.97 Å². The van der Waals surface area contributed by atoms with E-state index in [2.05, 4.69) is 9.97 Å². The van der Waals surface area contributed by atoms with Crippen LogP contribution < -0.4 is 5.73 Å². The summed E-state index contributed by atoms with van der Waals surface area (Å²) in [4.78, 5) is 22.1. The van der Waals surface area contributed by atoms with Gasteiger partial charge in [-0.3, -0.25) is 4.79 Å². The Morgan fingerprint density at radius 1 is 1.24 bits per heavy atom. The third-order valence-corrected chi connectivity index (χ3v) is 3.94. The van der Waals surface area contributed by atoms with E-state index in [1.165, 1.54) is 31.7 Å². The molecule has 0 spiro atoms. The van der Waals surface area contributed by atoms with Crippen LogP contribution >= 0.6 is 0 Å². The van der Waals surface area contributed by atoms with E-state index in [4.69, 9.17) is 5.73 Å². The molecule has 2 N–H and O–H groups in total. The standard InChI is InChI=1S/C12H16N4O/c13-11-10(14-4-5-15-11)12(17)16-6-8-2-1-3-9(8)7-16/h4-5,8-9H,1-3,6-7H2,(H2,13,15)/t8-,9-/m1/s1. The number of carbonyl (C=O) groups is 1. The topological polar surface area (TPSA) is 72.1 Å². The molecule has 0 bridgehead atoms. The Labute approximate surface area is 100 Å².